The van der Waals surface area contributed by atoms with Gasteiger partial charge in [-0.1, -0.05) is 44.2 Å². The number of hydrogen-bond acceptors (Lipinski definition) is 2. The maximum Gasteiger partial charge on any atom is 0.251 e. The van der Waals surface area contributed by atoms with E-state index < -0.39 is 0 Å². The van der Waals surface area contributed by atoms with Gasteiger partial charge in [0, 0.05) is 23.7 Å². The van der Waals surface area contributed by atoms with Gasteiger partial charge < -0.3 is 10.6 Å². The predicted molar refractivity (Wildman–Crippen MR) is 101 cm³/mol. The zero-order valence-electron chi connectivity index (χ0n) is 15.1. The molecule has 0 spiro atoms. The van der Waals surface area contributed by atoms with Crippen LogP contribution in [0.2, 0.25) is 0 Å². The number of benzene rings is 2. The smallest absolute Gasteiger partial charge is 0.251 e. The van der Waals surface area contributed by atoms with E-state index in [1.807, 2.05) is 49.4 Å². The Morgan fingerprint density at radius 2 is 1.56 bits per heavy atom. The SMILES string of the molecule is CC(C)CNC(=O)c1cccc(CC(C)NC(=O)c2ccccc2)c1. The van der Waals surface area contributed by atoms with E-state index in [9.17, 15) is 9.59 Å². The second-order valence-electron chi connectivity index (χ2n) is 6.75. The van der Waals surface area contributed by atoms with E-state index in [2.05, 4.69) is 24.5 Å². The molecule has 2 rings (SSSR count). The Hall–Kier alpha value is -2.62. The first-order valence-corrected chi connectivity index (χ1v) is 8.68. The van der Waals surface area contributed by atoms with Gasteiger partial charge in [-0.2, -0.15) is 0 Å². The molecule has 0 aliphatic carbocycles. The average molecular weight is 338 g/mol. The Morgan fingerprint density at radius 1 is 0.880 bits per heavy atom. The van der Waals surface area contributed by atoms with Gasteiger partial charge in [0.25, 0.3) is 11.8 Å². The zero-order chi connectivity index (χ0) is 18.2. The van der Waals surface area contributed by atoms with Crippen molar-refractivity contribution < 1.29 is 9.59 Å². The second-order valence-corrected chi connectivity index (χ2v) is 6.75. The van der Waals surface area contributed by atoms with Crippen LogP contribution in [0.4, 0.5) is 0 Å². The number of amides is 2. The van der Waals surface area contributed by atoms with Crippen LogP contribution < -0.4 is 10.6 Å². The van der Waals surface area contributed by atoms with Gasteiger partial charge in [-0.15, -0.1) is 0 Å². The summed E-state index contributed by atoms with van der Waals surface area (Å²) in [6.45, 7) is 6.75. The van der Waals surface area contributed by atoms with E-state index >= 15 is 0 Å². The Kier molecular flexibility index (Phi) is 6.75. The molecule has 2 aromatic rings. The fourth-order valence-electron chi connectivity index (χ4n) is 2.54. The Balaban J connectivity index is 1.94. The third-order valence-corrected chi connectivity index (χ3v) is 3.82. The summed E-state index contributed by atoms with van der Waals surface area (Å²) < 4.78 is 0. The normalized spacial score (nSPS) is 11.8. The minimum absolute atomic E-state index is 0.0262. The molecule has 4 nitrogen and oxygen atoms in total. The van der Waals surface area contributed by atoms with E-state index in [1.165, 1.54) is 0 Å². The molecule has 1 atom stereocenters. The van der Waals surface area contributed by atoms with Gasteiger partial charge in [0.2, 0.25) is 0 Å². The van der Waals surface area contributed by atoms with Gasteiger partial charge in [0.1, 0.15) is 0 Å². The summed E-state index contributed by atoms with van der Waals surface area (Å²) in [5.41, 5.74) is 2.33. The maximum atomic E-state index is 12.2. The lowest BCUT2D eigenvalue weighted by molar-refractivity contribution is 0.0934. The first-order chi connectivity index (χ1) is 12.0. The van der Waals surface area contributed by atoms with Crippen LogP contribution in [-0.2, 0) is 6.42 Å². The quantitative estimate of drug-likeness (QED) is 0.812. The first kappa shape index (κ1) is 18.7. The lowest BCUT2D eigenvalue weighted by atomic mass is 10.0. The van der Waals surface area contributed by atoms with Crippen molar-refractivity contribution in [2.75, 3.05) is 6.54 Å². The van der Waals surface area contributed by atoms with Gasteiger partial charge >= 0.3 is 0 Å². The van der Waals surface area contributed by atoms with Crippen molar-refractivity contribution in [1.82, 2.24) is 10.6 Å². The zero-order valence-corrected chi connectivity index (χ0v) is 15.1. The molecule has 0 radical (unpaired) electrons. The number of nitrogens with one attached hydrogen (secondary N) is 2. The van der Waals surface area contributed by atoms with Crippen LogP contribution >= 0.6 is 0 Å². The highest BCUT2D eigenvalue weighted by Gasteiger charge is 2.11. The van der Waals surface area contributed by atoms with Gasteiger partial charge in [-0.3, -0.25) is 9.59 Å². The van der Waals surface area contributed by atoms with Crippen molar-refractivity contribution in [3.8, 4) is 0 Å². The maximum absolute atomic E-state index is 12.2. The summed E-state index contributed by atoms with van der Waals surface area (Å²) in [5.74, 6) is 0.274. The molecule has 0 heterocycles. The highest BCUT2D eigenvalue weighted by Crippen LogP contribution is 2.09. The highest BCUT2D eigenvalue weighted by molar-refractivity contribution is 5.95. The summed E-state index contributed by atoms with van der Waals surface area (Å²) >= 11 is 0. The molecule has 2 aromatic carbocycles. The van der Waals surface area contributed by atoms with Crippen LogP contribution in [0.1, 0.15) is 47.1 Å². The lowest BCUT2D eigenvalue weighted by Gasteiger charge is -2.15. The fraction of sp³-hybridized carbons (Fsp3) is 0.333. The van der Waals surface area contributed by atoms with Crippen LogP contribution in [0.5, 0.6) is 0 Å². The fourth-order valence-corrected chi connectivity index (χ4v) is 2.54. The number of carbonyl (C=O) groups is 2. The Morgan fingerprint density at radius 3 is 2.24 bits per heavy atom. The van der Waals surface area contributed by atoms with E-state index in [1.54, 1.807) is 12.1 Å². The molecular formula is C21H26N2O2. The number of carbonyl (C=O) groups excluding carboxylic acids is 2. The molecule has 0 aliphatic heterocycles. The summed E-state index contributed by atoms with van der Waals surface area (Å²) in [7, 11) is 0. The molecule has 2 amide bonds. The summed E-state index contributed by atoms with van der Waals surface area (Å²) in [4.78, 5) is 24.4. The van der Waals surface area contributed by atoms with Crippen molar-refractivity contribution in [2.45, 2.75) is 33.2 Å². The van der Waals surface area contributed by atoms with Crippen LogP contribution in [0.3, 0.4) is 0 Å². The van der Waals surface area contributed by atoms with Crippen molar-refractivity contribution in [1.29, 1.82) is 0 Å². The first-order valence-electron chi connectivity index (χ1n) is 8.68. The molecule has 0 saturated carbocycles. The standard InChI is InChI=1S/C21H26N2O2/c1-15(2)14-22-20(24)19-11-7-8-17(13-19)12-16(3)23-21(25)18-9-5-4-6-10-18/h4-11,13,15-16H,12,14H2,1-3H3,(H,22,24)(H,23,25). The molecule has 1 unspecified atom stereocenters. The minimum Gasteiger partial charge on any atom is -0.352 e. The van der Waals surface area contributed by atoms with Crippen LogP contribution in [0.25, 0.3) is 0 Å². The topological polar surface area (TPSA) is 58.2 Å². The van der Waals surface area contributed by atoms with Crippen LogP contribution in [-0.4, -0.2) is 24.4 Å². The third-order valence-electron chi connectivity index (χ3n) is 3.82. The number of rotatable bonds is 7. The van der Waals surface area contributed by atoms with Crippen molar-refractivity contribution in [2.24, 2.45) is 5.92 Å². The van der Waals surface area contributed by atoms with Crippen LogP contribution in [0, 0.1) is 5.92 Å². The predicted octanol–water partition coefficient (Wildman–Crippen LogP) is 3.43. The summed E-state index contributed by atoms with van der Waals surface area (Å²) in [5, 5.41) is 5.92. The van der Waals surface area contributed by atoms with Gasteiger partial charge in [0.15, 0.2) is 0 Å². The van der Waals surface area contributed by atoms with E-state index in [-0.39, 0.29) is 17.9 Å². The molecule has 0 bridgehead atoms. The molecule has 25 heavy (non-hydrogen) atoms. The Labute approximate surface area is 149 Å². The van der Waals surface area contributed by atoms with Gasteiger partial charge in [-0.05, 0) is 49.1 Å². The molecule has 0 fully saturated rings. The van der Waals surface area contributed by atoms with Crippen molar-refractivity contribution in [3.05, 3.63) is 71.3 Å². The molecule has 0 saturated heterocycles. The molecule has 0 aromatic heterocycles. The Bertz CT molecular complexity index is 711. The molecule has 0 aliphatic rings. The van der Waals surface area contributed by atoms with Gasteiger partial charge in [-0.25, -0.2) is 0 Å². The second kappa shape index (κ2) is 9.02. The molecule has 2 N–H and O–H groups in total. The number of hydrogen-bond donors (Lipinski definition) is 2. The van der Waals surface area contributed by atoms with E-state index in [0.29, 0.717) is 30.0 Å². The summed E-state index contributed by atoms with van der Waals surface area (Å²) in [6.07, 6.45) is 0.671. The average Bonchev–Trinajstić information content (AvgIpc) is 2.60. The molecule has 132 valence electrons. The molecular weight excluding hydrogens is 312 g/mol. The van der Waals surface area contributed by atoms with Crippen molar-refractivity contribution >= 4 is 11.8 Å². The molecule has 4 heteroatoms. The van der Waals surface area contributed by atoms with E-state index in [4.69, 9.17) is 0 Å². The largest absolute Gasteiger partial charge is 0.352 e. The lowest BCUT2D eigenvalue weighted by Crippen LogP contribution is -2.34. The van der Waals surface area contributed by atoms with Crippen LogP contribution in [0.15, 0.2) is 54.6 Å². The minimum atomic E-state index is -0.0843. The van der Waals surface area contributed by atoms with E-state index in [0.717, 1.165) is 5.56 Å². The highest BCUT2D eigenvalue weighted by atomic mass is 16.2. The third kappa shape index (κ3) is 6.07. The van der Waals surface area contributed by atoms with Gasteiger partial charge in [0.05, 0.1) is 0 Å². The monoisotopic (exact) mass is 338 g/mol. The summed E-state index contributed by atoms with van der Waals surface area (Å²) in [6, 6.07) is 16.7. The van der Waals surface area contributed by atoms with Crippen molar-refractivity contribution in [3.63, 3.8) is 0 Å².